The zero-order valence-corrected chi connectivity index (χ0v) is 17.5. The van der Waals surface area contributed by atoms with Gasteiger partial charge >= 0.3 is 0 Å². The van der Waals surface area contributed by atoms with Gasteiger partial charge in [-0.15, -0.1) is 0 Å². The summed E-state index contributed by atoms with van der Waals surface area (Å²) in [4.78, 5) is 12.0. The summed E-state index contributed by atoms with van der Waals surface area (Å²) >= 11 is 6.00. The number of primary amides is 1. The van der Waals surface area contributed by atoms with Crippen molar-refractivity contribution in [3.05, 3.63) is 82.6 Å². The number of aliphatic hydroxyl groups is 1. The summed E-state index contributed by atoms with van der Waals surface area (Å²) in [6, 6.07) is 17.9. The summed E-state index contributed by atoms with van der Waals surface area (Å²) in [5.74, 6) is -0.450. The first-order valence-electron chi connectivity index (χ1n) is 10.3. The Morgan fingerprint density at radius 1 is 1.10 bits per heavy atom. The van der Waals surface area contributed by atoms with Gasteiger partial charge in [-0.3, -0.25) is 4.79 Å². The fourth-order valence-electron chi connectivity index (χ4n) is 4.08. The number of nitrogens with one attached hydrogen (secondary N) is 1. The molecule has 0 radical (unpaired) electrons. The molecule has 4 N–H and O–H groups in total. The second-order valence-electron chi connectivity index (χ2n) is 7.92. The number of rotatable bonds is 6. The van der Waals surface area contributed by atoms with E-state index in [1.54, 1.807) is 6.07 Å². The molecule has 2 aromatic carbocycles. The van der Waals surface area contributed by atoms with Crippen LogP contribution in [0.15, 0.2) is 60.8 Å². The van der Waals surface area contributed by atoms with Crippen molar-refractivity contribution < 1.29 is 9.90 Å². The minimum absolute atomic E-state index is 0.222. The van der Waals surface area contributed by atoms with Crippen molar-refractivity contribution in [2.75, 3.05) is 5.32 Å². The summed E-state index contributed by atoms with van der Waals surface area (Å²) in [5.41, 5.74) is 10.1. The fraction of sp³-hybridized carbons (Fsp3) is 0.292. The highest BCUT2D eigenvalue weighted by Crippen LogP contribution is 2.27. The molecule has 0 spiro atoms. The standard InChI is InChI=1S/C24H26ClN3O2/c25-17-5-3-16(4-6-17)14-19-2-1-13-28(19)20-9-12-22(24(26)30)23(15-20)27-18-7-10-21(29)11-8-18/h1-6,9,12-13,15,18,21,27,29H,7-8,10-11,14H2,(H2,26,30). The molecule has 1 aliphatic carbocycles. The monoisotopic (exact) mass is 423 g/mol. The number of hydrogen-bond acceptors (Lipinski definition) is 3. The molecular weight excluding hydrogens is 398 g/mol. The van der Waals surface area contributed by atoms with Gasteiger partial charge in [-0.05, 0) is 73.7 Å². The predicted molar refractivity (Wildman–Crippen MR) is 120 cm³/mol. The first-order valence-corrected chi connectivity index (χ1v) is 10.7. The number of hydrogen-bond donors (Lipinski definition) is 3. The highest BCUT2D eigenvalue weighted by Gasteiger charge is 2.21. The number of benzene rings is 2. The van der Waals surface area contributed by atoms with Crippen LogP contribution in [0.1, 0.15) is 47.3 Å². The Balaban J connectivity index is 1.61. The largest absolute Gasteiger partial charge is 0.393 e. The summed E-state index contributed by atoms with van der Waals surface area (Å²) in [7, 11) is 0. The number of nitrogens with zero attached hydrogens (tertiary/aromatic N) is 1. The Hall–Kier alpha value is -2.76. The molecule has 6 heteroatoms. The van der Waals surface area contributed by atoms with E-state index in [4.69, 9.17) is 17.3 Å². The van der Waals surface area contributed by atoms with E-state index in [9.17, 15) is 9.90 Å². The summed E-state index contributed by atoms with van der Waals surface area (Å²) in [6.07, 6.45) is 5.85. The number of aliphatic hydroxyl groups excluding tert-OH is 1. The van der Waals surface area contributed by atoms with Crippen LogP contribution in [0.2, 0.25) is 5.02 Å². The molecule has 0 aliphatic heterocycles. The molecule has 30 heavy (non-hydrogen) atoms. The molecule has 1 aliphatic rings. The van der Waals surface area contributed by atoms with Crippen molar-refractivity contribution in [3.63, 3.8) is 0 Å². The van der Waals surface area contributed by atoms with E-state index in [0.29, 0.717) is 5.56 Å². The highest BCUT2D eigenvalue weighted by atomic mass is 35.5. The van der Waals surface area contributed by atoms with Crippen LogP contribution in [0.4, 0.5) is 5.69 Å². The zero-order valence-electron chi connectivity index (χ0n) is 16.7. The Kier molecular flexibility index (Phi) is 6.11. The fourth-order valence-corrected chi connectivity index (χ4v) is 4.21. The van der Waals surface area contributed by atoms with Crippen molar-refractivity contribution in [3.8, 4) is 5.69 Å². The van der Waals surface area contributed by atoms with E-state index in [2.05, 4.69) is 16.0 Å². The quantitative estimate of drug-likeness (QED) is 0.544. The average Bonchev–Trinajstić information content (AvgIpc) is 3.19. The third kappa shape index (κ3) is 4.69. The molecule has 1 amide bonds. The number of halogens is 1. The van der Waals surface area contributed by atoms with E-state index in [0.717, 1.165) is 54.2 Å². The second-order valence-corrected chi connectivity index (χ2v) is 8.35. The Morgan fingerprint density at radius 3 is 2.53 bits per heavy atom. The van der Waals surface area contributed by atoms with Crippen LogP contribution < -0.4 is 11.1 Å². The summed E-state index contributed by atoms with van der Waals surface area (Å²) < 4.78 is 2.12. The number of anilines is 1. The van der Waals surface area contributed by atoms with Gasteiger partial charge < -0.3 is 20.7 Å². The normalized spacial score (nSPS) is 18.9. The SMILES string of the molecule is NC(=O)c1ccc(-n2cccc2Cc2ccc(Cl)cc2)cc1NC1CCC(O)CC1. The lowest BCUT2D eigenvalue weighted by molar-refractivity contribution is 0.100. The van der Waals surface area contributed by atoms with Crippen LogP contribution in [0.25, 0.3) is 5.69 Å². The molecular formula is C24H26ClN3O2. The lowest BCUT2D eigenvalue weighted by Gasteiger charge is -2.28. The smallest absolute Gasteiger partial charge is 0.250 e. The molecule has 0 atom stereocenters. The Bertz CT molecular complexity index is 1020. The van der Waals surface area contributed by atoms with Crippen molar-refractivity contribution in [1.82, 2.24) is 4.57 Å². The predicted octanol–water partition coefficient (Wildman–Crippen LogP) is 4.54. The van der Waals surface area contributed by atoms with Crippen molar-refractivity contribution >= 4 is 23.2 Å². The number of carbonyl (C=O) groups is 1. The minimum Gasteiger partial charge on any atom is -0.393 e. The van der Waals surface area contributed by atoms with Crippen LogP contribution in [0, 0.1) is 0 Å². The van der Waals surface area contributed by atoms with E-state index in [1.807, 2.05) is 48.7 Å². The van der Waals surface area contributed by atoms with Crippen molar-refractivity contribution in [2.45, 2.75) is 44.2 Å². The number of aromatic nitrogens is 1. The molecule has 1 saturated carbocycles. The van der Waals surface area contributed by atoms with E-state index in [1.165, 1.54) is 5.56 Å². The minimum atomic E-state index is -0.450. The van der Waals surface area contributed by atoms with Gasteiger partial charge in [0, 0.05) is 40.8 Å². The first kappa shape index (κ1) is 20.5. The van der Waals surface area contributed by atoms with Crippen molar-refractivity contribution in [2.24, 2.45) is 5.73 Å². The van der Waals surface area contributed by atoms with E-state index >= 15 is 0 Å². The second kappa shape index (κ2) is 8.94. The molecule has 156 valence electrons. The lowest BCUT2D eigenvalue weighted by atomic mass is 9.92. The summed E-state index contributed by atoms with van der Waals surface area (Å²) in [6.45, 7) is 0. The lowest BCUT2D eigenvalue weighted by Crippen LogP contribution is -2.29. The van der Waals surface area contributed by atoms with Gasteiger partial charge in [-0.1, -0.05) is 23.7 Å². The maximum absolute atomic E-state index is 12.0. The van der Waals surface area contributed by atoms with Gasteiger partial charge in [-0.2, -0.15) is 0 Å². The summed E-state index contributed by atoms with van der Waals surface area (Å²) in [5, 5.41) is 14.0. The molecule has 1 heterocycles. The van der Waals surface area contributed by atoms with Gasteiger partial charge in [0.2, 0.25) is 0 Å². The number of nitrogens with two attached hydrogens (primary N) is 1. The first-order chi connectivity index (χ1) is 14.5. The average molecular weight is 424 g/mol. The molecule has 5 nitrogen and oxygen atoms in total. The highest BCUT2D eigenvalue weighted by molar-refractivity contribution is 6.30. The topological polar surface area (TPSA) is 80.3 Å². The number of carbonyl (C=O) groups excluding carboxylic acids is 1. The number of amides is 1. The molecule has 0 bridgehead atoms. The molecule has 4 rings (SSSR count). The van der Waals surface area contributed by atoms with Crippen LogP contribution in [0.5, 0.6) is 0 Å². The molecule has 1 aromatic heterocycles. The van der Waals surface area contributed by atoms with E-state index in [-0.39, 0.29) is 12.1 Å². The molecule has 3 aromatic rings. The molecule has 0 unspecified atom stereocenters. The maximum Gasteiger partial charge on any atom is 0.250 e. The van der Waals surface area contributed by atoms with Gasteiger partial charge in [0.15, 0.2) is 0 Å². The Morgan fingerprint density at radius 2 is 1.83 bits per heavy atom. The van der Waals surface area contributed by atoms with Gasteiger partial charge in [0.05, 0.1) is 11.7 Å². The molecule has 1 fully saturated rings. The molecule has 0 saturated heterocycles. The maximum atomic E-state index is 12.0. The zero-order chi connectivity index (χ0) is 21.1. The van der Waals surface area contributed by atoms with Gasteiger partial charge in [0.25, 0.3) is 5.91 Å². The third-order valence-electron chi connectivity index (χ3n) is 5.73. The van der Waals surface area contributed by atoms with Crippen LogP contribution in [0.3, 0.4) is 0 Å². The van der Waals surface area contributed by atoms with Gasteiger partial charge in [0.1, 0.15) is 0 Å². The Labute approximate surface area is 181 Å². The van der Waals surface area contributed by atoms with Crippen LogP contribution in [-0.4, -0.2) is 27.7 Å². The van der Waals surface area contributed by atoms with Crippen LogP contribution in [-0.2, 0) is 6.42 Å². The van der Waals surface area contributed by atoms with Crippen LogP contribution >= 0.6 is 11.6 Å². The van der Waals surface area contributed by atoms with E-state index < -0.39 is 5.91 Å². The van der Waals surface area contributed by atoms with Crippen molar-refractivity contribution in [1.29, 1.82) is 0 Å². The third-order valence-corrected chi connectivity index (χ3v) is 5.99. The van der Waals surface area contributed by atoms with Gasteiger partial charge in [-0.25, -0.2) is 0 Å².